The van der Waals surface area contributed by atoms with Gasteiger partial charge in [-0.05, 0) is 67.8 Å². The fourth-order valence-corrected chi connectivity index (χ4v) is 5.18. The monoisotopic (exact) mass is 328 g/mol. The minimum absolute atomic E-state index is 0.211. The van der Waals surface area contributed by atoms with Crippen LogP contribution in [0.1, 0.15) is 72.1 Å². The second kappa shape index (κ2) is 8.23. The lowest BCUT2D eigenvalue weighted by Gasteiger charge is -2.44. The summed E-state index contributed by atoms with van der Waals surface area (Å²) in [6.45, 7) is 14.6. The minimum atomic E-state index is 0.211. The predicted octanol–water partition coefficient (Wildman–Crippen LogP) is 7.14. The van der Waals surface area contributed by atoms with E-state index in [1.807, 2.05) is 6.08 Å². The molecule has 0 amide bonds. The van der Waals surface area contributed by atoms with E-state index in [2.05, 4.69) is 46.1 Å². The van der Waals surface area contributed by atoms with Crippen molar-refractivity contribution >= 4 is 0 Å². The number of rotatable bonds is 7. The van der Waals surface area contributed by atoms with Crippen LogP contribution in [0.25, 0.3) is 0 Å². The Labute approximate surface area is 149 Å². The number of allylic oxidation sites excluding steroid dienone is 6. The molecule has 2 saturated carbocycles. The highest BCUT2D eigenvalue weighted by atomic mass is 16.3. The van der Waals surface area contributed by atoms with Gasteiger partial charge in [0.2, 0.25) is 0 Å². The zero-order valence-electron chi connectivity index (χ0n) is 16.0. The third-order valence-corrected chi connectivity index (χ3v) is 6.76. The van der Waals surface area contributed by atoms with Crippen molar-refractivity contribution in [3.05, 3.63) is 48.3 Å². The highest BCUT2D eigenvalue weighted by Crippen LogP contribution is 2.59. The average molecular weight is 329 g/mol. The van der Waals surface area contributed by atoms with E-state index < -0.39 is 0 Å². The normalized spacial score (nSPS) is 33.3. The first kappa shape index (κ1) is 19.1. The first-order chi connectivity index (χ1) is 11.4. The number of unbranched alkanes of at least 4 members (excludes halogenated alkanes) is 1. The Hall–Kier alpha value is -1.24. The van der Waals surface area contributed by atoms with Gasteiger partial charge in [0.15, 0.2) is 0 Å². The fraction of sp³-hybridized carbons (Fsp3) is 0.652. The lowest BCUT2D eigenvalue weighted by molar-refractivity contribution is 0.0938. The number of aliphatic hydroxyl groups excluding tert-OH is 1. The summed E-state index contributed by atoms with van der Waals surface area (Å²) in [4.78, 5) is 0. The molecule has 4 atom stereocenters. The summed E-state index contributed by atoms with van der Waals surface area (Å²) < 4.78 is 0. The minimum Gasteiger partial charge on any atom is -0.513 e. The van der Waals surface area contributed by atoms with Crippen molar-refractivity contribution in [2.75, 3.05) is 0 Å². The molecule has 0 spiro atoms. The van der Waals surface area contributed by atoms with E-state index in [1.54, 1.807) is 5.57 Å². The lowest BCUT2D eigenvalue weighted by Crippen LogP contribution is -2.36. The molecule has 134 valence electrons. The Bertz CT molecular complexity index is 524. The molecule has 0 aromatic carbocycles. The van der Waals surface area contributed by atoms with E-state index in [4.69, 9.17) is 0 Å². The number of fused-ring (bicyclic) bond motifs is 1. The van der Waals surface area contributed by atoms with Gasteiger partial charge in [-0.2, -0.15) is 0 Å². The lowest BCUT2D eigenvalue weighted by atomic mass is 9.61. The molecule has 24 heavy (non-hydrogen) atoms. The Kier molecular flexibility index (Phi) is 6.54. The van der Waals surface area contributed by atoms with Gasteiger partial charge in [0.05, 0.1) is 5.76 Å². The van der Waals surface area contributed by atoms with Crippen LogP contribution in [0.15, 0.2) is 48.3 Å². The van der Waals surface area contributed by atoms with Crippen LogP contribution in [0.3, 0.4) is 0 Å². The van der Waals surface area contributed by atoms with E-state index in [0.717, 1.165) is 6.42 Å². The van der Waals surface area contributed by atoms with Crippen LogP contribution in [0, 0.1) is 23.2 Å². The smallest absolute Gasteiger partial charge is 0.0882 e. The van der Waals surface area contributed by atoms with Gasteiger partial charge in [-0.3, -0.25) is 0 Å². The SMILES string of the molecule is C=C/C(=C\C=C1/CCC[C@@]2(C)C1CCC2C(C)C(=C)O)CCCC. The van der Waals surface area contributed by atoms with Crippen molar-refractivity contribution in [3.8, 4) is 0 Å². The predicted molar refractivity (Wildman–Crippen MR) is 105 cm³/mol. The topological polar surface area (TPSA) is 20.2 Å². The maximum atomic E-state index is 9.91. The molecule has 2 aliphatic rings. The van der Waals surface area contributed by atoms with Gasteiger partial charge in [-0.25, -0.2) is 0 Å². The van der Waals surface area contributed by atoms with E-state index >= 15 is 0 Å². The molecule has 0 aromatic rings. The van der Waals surface area contributed by atoms with Crippen molar-refractivity contribution in [3.63, 3.8) is 0 Å². The van der Waals surface area contributed by atoms with E-state index in [9.17, 15) is 5.11 Å². The van der Waals surface area contributed by atoms with Crippen LogP contribution >= 0.6 is 0 Å². The van der Waals surface area contributed by atoms with Gasteiger partial charge >= 0.3 is 0 Å². The molecule has 1 nitrogen and oxygen atoms in total. The molecule has 0 heterocycles. The molecule has 0 aliphatic heterocycles. The van der Waals surface area contributed by atoms with Crippen molar-refractivity contribution in [2.45, 2.75) is 72.1 Å². The molecule has 2 fully saturated rings. The number of hydrogen-bond donors (Lipinski definition) is 1. The molecular weight excluding hydrogens is 292 g/mol. The summed E-state index contributed by atoms with van der Waals surface area (Å²) in [5, 5.41) is 9.91. The van der Waals surface area contributed by atoms with Crippen molar-refractivity contribution in [1.82, 2.24) is 0 Å². The average Bonchev–Trinajstić information content (AvgIpc) is 2.91. The summed E-state index contributed by atoms with van der Waals surface area (Å²) in [6.07, 6.45) is 16.6. The van der Waals surface area contributed by atoms with Crippen LogP contribution in [0.2, 0.25) is 0 Å². The summed E-state index contributed by atoms with van der Waals surface area (Å²) in [5.41, 5.74) is 3.31. The van der Waals surface area contributed by atoms with E-state index in [0.29, 0.717) is 23.0 Å². The number of aliphatic hydroxyl groups is 1. The molecule has 0 saturated heterocycles. The molecule has 1 heteroatoms. The first-order valence-corrected chi connectivity index (χ1v) is 9.83. The molecule has 0 bridgehead atoms. The van der Waals surface area contributed by atoms with Crippen LogP contribution in [0.4, 0.5) is 0 Å². The molecular formula is C23H36O. The highest BCUT2D eigenvalue weighted by Gasteiger charge is 2.51. The Morgan fingerprint density at radius 2 is 2.17 bits per heavy atom. The summed E-state index contributed by atoms with van der Waals surface area (Å²) in [5.74, 6) is 1.81. The molecule has 1 N–H and O–H groups in total. The zero-order valence-corrected chi connectivity index (χ0v) is 16.0. The van der Waals surface area contributed by atoms with E-state index in [-0.39, 0.29) is 5.92 Å². The van der Waals surface area contributed by atoms with Gasteiger partial charge in [0, 0.05) is 5.92 Å². The van der Waals surface area contributed by atoms with Gasteiger partial charge in [0.25, 0.3) is 0 Å². The maximum Gasteiger partial charge on any atom is 0.0882 e. The van der Waals surface area contributed by atoms with Crippen molar-refractivity contribution in [2.24, 2.45) is 23.2 Å². The quantitative estimate of drug-likeness (QED) is 0.389. The number of hydrogen-bond acceptors (Lipinski definition) is 1. The Balaban J connectivity index is 2.20. The standard InChI is InChI=1S/C23H36O/c1-6-8-10-19(7-2)12-13-20-11-9-16-23(5)21(14-15-22(20)23)17(3)18(4)24/h7,12-13,17,21-22,24H,2,4,6,8-11,14-16H2,1,3,5H3/b19-12+,20-13+/t17?,21?,22?,23-/m1/s1. The van der Waals surface area contributed by atoms with Gasteiger partial charge in [0.1, 0.15) is 0 Å². The summed E-state index contributed by atoms with van der Waals surface area (Å²) in [7, 11) is 0. The molecule has 0 aromatic heterocycles. The van der Waals surface area contributed by atoms with E-state index in [1.165, 1.54) is 50.5 Å². The largest absolute Gasteiger partial charge is 0.513 e. The maximum absolute atomic E-state index is 9.91. The first-order valence-electron chi connectivity index (χ1n) is 9.83. The summed E-state index contributed by atoms with van der Waals surface area (Å²) >= 11 is 0. The zero-order chi connectivity index (χ0) is 17.7. The van der Waals surface area contributed by atoms with Crippen LogP contribution in [0.5, 0.6) is 0 Å². The van der Waals surface area contributed by atoms with Crippen LogP contribution < -0.4 is 0 Å². The summed E-state index contributed by atoms with van der Waals surface area (Å²) in [6, 6.07) is 0. The highest BCUT2D eigenvalue weighted by molar-refractivity contribution is 5.28. The fourth-order valence-electron chi connectivity index (χ4n) is 5.18. The van der Waals surface area contributed by atoms with Crippen molar-refractivity contribution < 1.29 is 5.11 Å². The van der Waals surface area contributed by atoms with Crippen molar-refractivity contribution in [1.29, 1.82) is 0 Å². The Morgan fingerprint density at radius 1 is 1.42 bits per heavy atom. The van der Waals surface area contributed by atoms with Gasteiger partial charge in [-0.15, -0.1) is 0 Å². The molecule has 0 radical (unpaired) electrons. The third kappa shape index (κ3) is 3.87. The second-order valence-electron chi connectivity index (χ2n) is 8.17. The van der Waals surface area contributed by atoms with Crippen LogP contribution in [-0.4, -0.2) is 5.11 Å². The molecule has 3 unspecified atom stereocenters. The molecule has 2 rings (SSSR count). The van der Waals surface area contributed by atoms with Gasteiger partial charge < -0.3 is 5.11 Å². The second-order valence-corrected chi connectivity index (χ2v) is 8.17. The third-order valence-electron chi connectivity index (χ3n) is 6.76. The van der Waals surface area contributed by atoms with Gasteiger partial charge in [-0.1, -0.05) is 64.2 Å². The van der Waals surface area contributed by atoms with Crippen LogP contribution in [-0.2, 0) is 0 Å². The Morgan fingerprint density at radius 3 is 2.79 bits per heavy atom. The molecule has 2 aliphatic carbocycles.